The van der Waals surface area contributed by atoms with E-state index in [-0.39, 0.29) is 43.6 Å². The molecule has 422 valence electrons. The number of aromatic hydroxyl groups is 2. The smallest absolute Gasteiger partial charge is 0.329 e. The Morgan fingerprint density at radius 1 is 0.744 bits per heavy atom. The number of amides is 8. The zero-order valence-electron chi connectivity index (χ0n) is 44.8. The average Bonchev–Trinajstić information content (AvgIpc) is 3.40. The standard InChI is InChI=1S/C55H72N8O15/c1-8-30(4)45-55(77)78-31(5)46(60-43(67)24-22-39(54(75)76)58-48(69)40(56-32(6)64)26-34-14-18-36(65)19-15-34)51(72)59-41(27-35-16-20-37(66)21-17-35)49(70)57-38-23-25-44(68)63(52(38)73)47(29(2)3)53(74)62(7)42(50(71)61-45)28-33-12-10-9-11-13-33/h9-21,29-31,38-42,44-47,65-66,68H,8,22-28H2,1-7H3,(H,56,64)(H,57,70)(H,58,69)(H,59,72)(H,60,67)(H,61,71)(H,75,76)/t30?,31-,38-,39-,40-,41-,42+,44+,45-,46-,47-/m0/s1. The van der Waals surface area contributed by atoms with Crippen LogP contribution in [0.4, 0.5) is 0 Å². The van der Waals surface area contributed by atoms with E-state index >= 15 is 0 Å². The number of esters is 1. The minimum atomic E-state index is -1.84. The molecule has 0 aliphatic carbocycles. The van der Waals surface area contributed by atoms with E-state index in [1.54, 1.807) is 58.0 Å². The number of rotatable bonds is 17. The quantitative estimate of drug-likeness (QED) is 0.0833. The van der Waals surface area contributed by atoms with Crippen LogP contribution < -0.4 is 31.9 Å². The zero-order valence-corrected chi connectivity index (χ0v) is 44.8. The van der Waals surface area contributed by atoms with Gasteiger partial charge in [-0.1, -0.05) is 88.7 Å². The van der Waals surface area contributed by atoms with Gasteiger partial charge >= 0.3 is 11.9 Å². The summed E-state index contributed by atoms with van der Waals surface area (Å²) < 4.78 is 5.92. The average molecular weight is 1090 g/mol. The number of nitrogens with zero attached hydrogens (tertiary/aromatic N) is 2. The maximum atomic E-state index is 14.8. The third-order valence-electron chi connectivity index (χ3n) is 14.0. The minimum Gasteiger partial charge on any atom is -0.508 e. The Balaban J connectivity index is 1.53. The molecule has 0 spiro atoms. The number of carbonyl (C=O) groups is 10. The monoisotopic (exact) mass is 1080 g/mol. The van der Waals surface area contributed by atoms with Crippen molar-refractivity contribution < 1.29 is 73.1 Å². The molecule has 0 radical (unpaired) electrons. The summed E-state index contributed by atoms with van der Waals surface area (Å²) in [5, 5.41) is 56.7. The van der Waals surface area contributed by atoms with Gasteiger partial charge in [0, 0.05) is 39.7 Å². The topological polar surface area (TPSA) is 340 Å². The number of nitrogens with one attached hydrogen (secondary N) is 6. The molecule has 10 N–H and O–H groups in total. The summed E-state index contributed by atoms with van der Waals surface area (Å²) in [6.45, 7) is 9.15. The van der Waals surface area contributed by atoms with E-state index < -0.39 is 145 Å². The molecule has 0 aromatic heterocycles. The predicted octanol–water partition coefficient (Wildman–Crippen LogP) is 0.703. The Morgan fingerprint density at radius 3 is 1.92 bits per heavy atom. The molecule has 3 aromatic carbocycles. The first-order chi connectivity index (χ1) is 36.9. The van der Waals surface area contributed by atoms with Crippen LogP contribution in [0.5, 0.6) is 11.5 Å². The molecule has 3 aromatic rings. The summed E-state index contributed by atoms with van der Waals surface area (Å²) in [7, 11) is 1.37. The Labute approximate surface area is 452 Å². The lowest BCUT2D eigenvalue weighted by atomic mass is 9.93. The number of hydrogen-bond donors (Lipinski definition) is 10. The van der Waals surface area contributed by atoms with Gasteiger partial charge < -0.3 is 66.9 Å². The van der Waals surface area contributed by atoms with Crippen molar-refractivity contribution >= 4 is 59.2 Å². The van der Waals surface area contributed by atoms with Crippen LogP contribution in [-0.4, -0.2) is 157 Å². The molecule has 5 rings (SSSR count). The van der Waals surface area contributed by atoms with Crippen LogP contribution in [0.3, 0.4) is 0 Å². The van der Waals surface area contributed by atoms with Crippen molar-refractivity contribution in [3.05, 3.63) is 95.6 Å². The van der Waals surface area contributed by atoms with E-state index in [1.807, 2.05) is 0 Å². The Bertz CT molecular complexity index is 2640. The van der Waals surface area contributed by atoms with Crippen molar-refractivity contribution in [2.24, 2.45) is 11.8 Å². The van der Waals surface area contributed by atoms with Gasteiger partial charge in [-0.2, -0.15) is 0 Å². The van der Waals surface area contributed by atoms with Crippen molar-refractivity contribution in [1.29, 1.82) is 0 Å². The summed E-state index contributed by atoms with van der Waals surface area (Å²) in [4.78, 5) is 142. The first-order valence-corrected chi connectivity index (χ1v) is 26.0. The van der Waals surface area contributed by atoms with Gasteiger partial charge in [-0.05, 0) is 79.0 Å². The van der Waals surface area contributed by atoms with Crippen molar-refractivity contribution in [3.63, 3.8) is 0 Å². The number of phenolic OH excluding ortho intramolecular Hbond substituents is 2. The third kappa shape index (κ3) is 16.5. The van der Waals surface area contributed by atoms with Crippen LogP contribution in [0.15, 0.2) is 78.9 Å². The number of aliphatic carboxylic acids is 1. The molecular weight excluding hydrogens is 1010 g/mol. The van der Waals surface area contributed by atoms with Crippen LogP contribution in [0.1, 0.15) is 90.3 Å². The number of likely N-dealkylation sites (N-methyl/N-ethyl adjacent to an activating group) is 1. The highest BCUT2D eigenvalue weighted by Gasteiger charge is 2.47. The molecule has 2 heterocycles. The van der Waals surface area contributed by atoms with Crippen molar-refractivity contribution in [1.82, 2.24) is 41.7 Å². The summed E-state index contributed by atoms with van der Waals surface area (Å²) in [5.41, 5.74) is 1.56. The number of carboxylic acid groups (broad SMARTS) is 1. The molecule has 1 unspecified atom stereocenters. The Kier molecular flexibility index (Phi) is 21.7. The number of carbonyl (C=O) groups excluding carboxylic acids is 9. The van der Waals surface area contributed by atoms with Crippen LogP contribution in [0.25, 0.3) is 0 Å². The molecule has 8 amide bonds. The van der Waals surface area contributed by atoms with Gasteiger partial charge in [0.05, 0.1) is 0 Å². The highest BCUT2D eigenvalue weighted by molar-refractivity contribution is 5.98. The Morgan fingerprint density at radius 2 is 1.35 bits per heavy atom. The van der Waals surface area contributed by atoms with E-state index in [2.05, 4.69) is 31.9 Å². The fourth-order valence-electron chi connectivity index (χ4n) is 9.32. The van der Waals surface area contributed by atoms with Gasteiger partial charge in [0.2, 0.25) is 47.3 Å². The second-order valence-electron chi connectivity index (χ2n) is 20.3. The van der Waals surface area contributed by atoms with Crippen molar-refractivity contribution in [3.8, 4) is 11.5 Å². The largest absolute Gasteiger partial charge is 0.508 e. The summed E-state index contributed by atoms with van der Waals surface area (Å²) in [5.74, 6) is -10.9. The molecule has 23 nitrogen and oxygen atoms in total. The highest BCUT2D eigenvalue weighted by Crippen LogP contribution is 2.27. The van der Waals surface area contributed by atoms with E-state index in [0.29, 0.717) is 23.1 Å². The SMILES string of the molecule is CCC(C)[C@@H]1NC(=O)[C@@H](Cc2ccccc2)N(C)C(=O)[C@H](C(C)C)N2C(=O)[C@H](CC[C@H]2O)NC(=O)[C@H](Cc2ccc(O)cc2)NC(=O)[C@@H](NC(=O)CC[C@H](NC(=O)[C@H](Cc2ccc(O)cc2)NC(C)=O)C(=O)O)[C@H](C)OC1=O. The maximum Gasteiger partial charge on any atom is 0.329 e. The predicted molar refractivity (Wildman–Crippen MR) is 280 cm³/mol. The fourth-order valence-corrected chi connectivity index (χ4v) is 9.32. The number of ether oxygens (including phenoxy) is 1. The minimum absolute atomic E-state index is 0.0494. The first kappa shape index (κ1) is 60.8. The number of piperidine rings is 1. The van der Waals surface area contributed by atoms with Crippen LogP contribution in [-0.2, 0) is 71.9 Å². The molecule has 2 fully saturated rings. The number of aliphatic hydroxyl groups is 1. The third-order valence-corrected chi connectivity index (χ3v) is 14.0. The van der Waals surface area contributed by atoms with Crippen molar-refractivity contribution in [2.45, 2.75) is 154 Å². The summed E-state index contributed by atoms with van der Waals surface area (Å²) >= 11 is 0. The van der Waals surface area contributed by atoms with Gasteiger partial charge in [-0.3, -0.25) is 38.4 Å². The first-order valence-electron chi connectivity index (χ1n) is 26.0. The highest BCUT2D eigenvalue weighted by atomic mass is 16.5. The number of fused-ring (bicyclic) bond motifs is 2. The van der Waals surface area contributed by atoms with Gasteiger partial charge in [0.1, 0.15) is 72.2 Å². The molecule has 11 atom stereocenters. The molecule has 23 heteroatoms. The summed E-state index contributed by atoms with van der Waals surface area (Å²) in [6.07, 6.45) is -4.62. The van der Waals surface area contributed by atoms with Crippen LogP contribution in [0, 0.1) is 11.8 Å². The maximum absolute atomic E-state index is 14.8. The lowest BCUT2D eigenvalue weighted by molar-refractivity contribution is -0.167. The number of hydrogen-bond acceptors (Lipinski definition) is 14. The second kappa shape index (κ2) is 27.8. The number of aliphatic hydroxyl groups excluding tert-OH is 1. The number of benzene rings is 3. The number of phenols is 2. The van der Waals surface area contributed by atoms with Gasteiger partial charge in [-0.15, -0.1) is 0 Å². The van der Waals surface area contributed by atoms with Gasteiger partial charge in [0.25, 0.3) is 0 Å². The molecule has 78 heavy (non-hydrogen) atoms. The van der Waals surface area contributed by atoms with E-state index in [1.165, 1.54) is 62.5 Å². The van der Waals surface area contributed by atoms with Crippen LogP contribution >= 0.6 is 0 Å². The molecule has 2 aliphatic rings. The number of cyclic esters (lactones) is 1. The molecule has 2 aliphatic heterocycles. The fraction of sp³-hybridized carbons (Fsp3) is 0.491. The Hall–Kier alpha value is -8.08. The molecule has 2 bridgehead atoms. The molecule has 2 saturated heterocycles. The van der Waals surface area contributed by atoms with E-state index in [4.69, 9.17) is 4.74 Å². The van der Waals surface area contributed by atoms with Crippen LogP contribution in [0.2, 0.25) is 0 Å². The molecular formula is C55H72N8O15. The summed E-state index contributed by atoms with van der Waals surface area (Å²) in [6, 6.07) is 8.27. The normalized spacial score (nSPS) is 23.9. The van der Waals surface area contributed by atoms with Gasteiger partial charge in [0.15, 0.2) is 0 Å². The van der Waals surface area contributed by atoms with Gasteiger partial charge in [-0.25, -0.2) is 9.59 Å². The number of carboxylic acids is 1. The van der Waals surface area contributed by atoms with E-state index in [9.17, 15) is 68.4 Å². The lowest BCUT2D eigenvalue weighted by Crippen LogP contribution is -2.66. The molecule has 0 saturated carbocycles. The van der Waals surface area contributed by atoms with E-state index in [0.717, 1.165) is 16.7 Å². The zero-order chi connectivity index (χ0) is 57.5. The second-order valence-corrected chi connectivity index (χ2v) is 20.3. The van der Waals surface area contributed by atoms with Crippen molar-refractivity contribution in [2.75, 3.05) is 7.05 Å². The lowest BCUT2D eigenvalue weighted by Gasteiger charge is -2.44.